The van der Waals surface area contributed by atoms with Crippen LogP contribution in [0.2, 0.25) is 0 Å². The van der Waals surface area contributed by atoms with Crippen molar-refractivity contribution >= 4 is 17.7 Å². The molecule has 100 valence electrons. The predicted octanol–water partition coefficient (Wildman–Crippen LogP) is 1.61. The Bertz CT molecular complexity index is 599. The molecule has 0 fully saturated rings. The van der Waals surface area contributed by atoms with Crippen molar-refractivity contribution in [3.63, 3.8) is 0 Å². The van der Waals surface area contributed by atoms with E-state index in [0.717, 1.165) is 17.0 Å². The molecule has 0 saturated heterocycles. The maximum Gasteiger partial charge on any atom is 0.254 e. The minimum atomic E-state index is -0.630. The molecular weight excluding hydrogens is 267 g/mol. The number of nitrogens with one attached hydrogen (secondary N) is 1. The number of halogens is 1. The van der Waals surface area contributed by atoms with Crippen LogP contribution in [-0.2, 0) is 13.6 Å². The maximum absolute atomic E-state index is 13.4. The van der Waals surface area contributed by atoms with Gasteiger partial charge in [0.05, 0.1) is 30.2 Å². The molecule has 2 rings (SSSR count). The van der Waals surface area contributed by atoms with Crippen molar-refractivity contribution in [3.05, 3.63) is 41.7 Å². The Morgan fingerprint density at radius 1 is 1.53 bits per heavy atom. The Hall–Kier alpha value is -1.89. The Morgan fingerprint density at radius 3 is 2.95 bits per heavy atom. The summed E-state index contributed by atoms with van der Waals surface area (Å²) in [4.78, 5) is 19.6. The first-order valence-corrected chi connectivity index (χ1v) is 6.78. The van der Waals surface area contributed by atoms with Crippen LogP contribution >= 0.6 is 11.8 Å². The number of hydrogen-bond acceptors (Lipinski definition) is 4. The first-order chi connectivity index (χ1) is 9.13. The predicted molar refractivity (Wildman–Crippen MR) is 70.4 cm³/mol. The normalized spacial score (nSPS) is 10.5. The zero-order valence-corrected chi connectivity index (χ0v) is 11.4. The average molecular weight is 280 g/mol. The number of nitrogens with zero attached hydrogens (tertiary/aromatic N) is 3. The van der Waals surface area contributed by atoms with Gasteiger partial charge in [-0.3, -0.25) is 9.78 Å². The molecule has 0 aliphatic carbocycles. The molecule has 2 aromatic heterocycles. The summed E-state index contributed by atoms with van der Waals surface area (Å²) in [7, 11) is 1.87. The summed E-state index contributed by atoms with van der Waals surface area (Å²) in [5.41, 5.74) is 0.842. The number of hydrogen-bond donors (Lipinski definition) is 1. The molecule has 0 bridgehead atoms. The van der Waals surface area contributed by atoms with Gasteiger partial charge in [0.15, 0.2) is 11.0 Å². The van der Waals surface area contributed by atoms with E-state index in [-0.39, 0.29) is 5.56 Å². The topological polar surface area (TPSA) is 59.8 Å². The van der Waals surface area contributed by atoms with Gasteiger partial charge >= 0.3 is 0 Å². The van der Waals surface area contributed by atoms with Gasteiger partial charge in [-0.15, -0.1) is 0 Å². The molecule has 0 radical (unpaired) electrons. The Balaban J connectivity index is 2.05. The van der Waals surface area contributed by atoms with Crippen LogP contribution in [0.3, 0.4) is 0 Å². The Morgan fingerprint density at radius 2 is 2.32 bits per heavy atom. The van der Waals surface area contributed by atoms with Gasteiger partial charge in [0.1, 0.15) is 0 Å². The molecule has 2 aromatic rings. The van der Waals surface area contributed by atoms with Crippen LogP contribution in [0.15, 0.2) is 29.8 Å². The van der Waals surface area contributed by atoms with Crippen molar-refractivity contribution in [2.24, 2.45) is 7.05 Å². The molecule has 0 atom stereocenters. The standard InChI is InChI=1S/C12H13FN4OS/c1-17-8(6-16-12(17)19-2)5-15-11(18)9-3-4-14-7-10(9)13/h3-4,6-7H,5H2,1-2H3,(H,15,18). The van der Waals surface area contributed by atoms with Gasteiger partial charge in [-0.25, -0.2) is 9.37 Å². The highest BCUT2D eigenvalue weighted by Gasteiger charge is 2.12. The first kappa shape index (κ1) is 13.5. The monoisotopic (exact) mass is 280 g/mol. The van der Waals surface area contributed by atoms with Crippen LogP contribution in [-0.4, -0.2) is 26.7 Å². The lowest BCUT2D eigenvalue weighted by atomic mass is 10.2. The fourth-order valence-electron chi connectivity index (χ4n) is 1.61. The van der Waals surface area contributed by atoms with Crippen molar-refractivity contribution < 1.29 is 9.18 Å². The van der Waals surface area contributed by atoms with E-state index in [1.165, 1.54) is 24.0 Å². The highest BCUT2D eigenvalue weighted by atomic mass is 32.2. The van der Waals surface area contributed by atoms with Crippen LogP contribution in [0.25, 0.3) is 0 Å². The second-order valence-electron chi connectivity index (χ2n) is 3.83. The molecule has 0 aliphatic rings. The highest BCUT2D eigenvalue weighted by molar-refractivity contribution is 7.98. The number of imidazole rings is 1. The van der Waals surface area contributed by atoms with Crippen molar-refractivity contribution in [2.75, 3.05) is 6.26 Å². The van der Waals surface area contributed by atoms with E-state index in [1.807, 2.05) is 17.9 Å². The number of carbonyl (C=O) groups excluding carboxylic acids is 1. The van der Waals surface area contributed by atoms with Crippen LogP contribution < -0.4 is 5.32 Å². The van der Waals surface area contributed by atoms with Gasteiger partial charge in [-0.05, 0) is 12.3 Å². The number of carbonyl (C=O) groups is 1. The smallest absolute Gasteiger partial charge is 0.254 e. The second-order valence-corrected chi connectivity index (χ2v) is 4.61. The van der Waals surface area contributed by atoms with E-state index in [9.17, 15) is 9.18 Å². The van der Waals surface area contributed by atoms with E-state index >= 15 is 0 Å². The summed E-state index contributed by atoms with van der Waals surface area (Å²) in [5.74, 6) is -1.10. The van der Waals surface area contributed by atoms with E-state index in [1.54, 1.807) is 6.20 Å². The lowest BCUT2D eigenvalue weighted by Gasteiger charge is -2.07. The minimum Gasteiger partial charge on any atom is -0.346 e. The average Bonchev–Trinajstić information content (AvgIpc) is 2.77. The molecule has 0 spiro atoms. The van der Waals surface area contributed by atoms with E-state index in [4.69, 9.17) is 0 Å². The molecule has 0 aliphatic heterocycles. The number of thioether (sulfide) groups is 1. The van der Waals surface area contributed by atoms with Gasteiger partial charge in [-0.1, -0.05) is 11.8 Å². The van der Waals surface area contributed by atoms with E-state index in [0.29, 0.717) is 6.54 Å². The summed E-state index contributed by atoms with van der Waals surface area (Å²) >= 11 is 1.52. The van der Waals surface area contributed by atoms with Crippen LogP contribution in [0.5, 0.6) is 0 Å². The summed E-state index contributed by atoms with van der Waals surface area (Å²) in [6, 6.07) is 1.35. The second kappa shape index (κ2) is 5.83. The van der Waals surface area contributed by atoms with Gasteiger partial charge in [0, 0.05) is 13.2 Å². The number of pyridine rings is 1. The molecule has 0 saturated carbocycles. The number of rotatable bonds is 4. The quantitative estimate of drug-likeness (QED) is 0.864. The fourth-order valence-corrected chi connectivity index (χ4v) is 2.15. The van der Waals surface area contributed by atoms with Crippen molar-refractivity contribution in [1.29, 1.82) is 0 Å². The summed E-state index contributed by atoms with van der Waals surface area (Å²) in [6.45, 7) is 0.296. The summed E-state index contributed by atoms with van der Waals surface area (Å²) < 4.78 is 15.2. The van der Waals surface area contributed by atoms with E-state index in [2.05, 4.69) is 15.3 Å². The molecule has 0 aromatic carbocycles. The van der Waals surface area contributed by atoms with Gasteiger partial charge in [0.2, 0.25) is 0 Å². The summed E-state index contributed by atoms with van der Waals surface area (Å²) in [6.07, 6.45) is 6.02. The third-order valence-corrected chi connectivity index (χ3v) is 3.42. The SMILES string of the molecule is CSc1ncc(CNC(=O)c2ccncc2F)n1C. The molecule has 7 heteroatoms. The Kier molecular flexibility index (Phi) is 4.16. The first-order valence-electron chi connectivity index (χ1n) is 5.55. The Labute approximate surface area is 114 Å². The molecule has 0 unspecified atom stereocenters. The van der Waals surface area contributed by atoms with Crippen LogP contribution in [0.4, 0.5) is 4.39 Å². The maximum atomic E-state index is 13.4. The zero-order valence-electron chi connectivity index (χ0n) is 10.6. The molecular formula is C12H13FN4OS. The van der Waals surface area contributed by atoms with Gasteiger partial charge in [0.25, 0.3) is 5.91 Å². The van der Waals surface area contributed by atoms with E-state index < -0.39 is 11.7 Å². The third-order valence-electron chi connectivity index (χ3n) is 2.67. The zero-order chi connectivity index (χ0) is 13.8. The van der Waals surface area contributed by atoms with Crippen LogP contribution in [0, 0.1) is 5.82 Å². The molecule has 2 heterocycles. The number of aromatic nitrogens is 3. The molecule has 5 nitrogen and oxygen atoms in total. The molecule has 19 heavy (non-hydrogen) atoms. The van der Waals surface area contributed by atoms with Crippen molar-refractivity contribution in [1.82, 2.24) is 19.9 Å². The lowest BCUT2D eigenvalue weighted by molar-refractivity contribution is 0.0946. The largest absolute Gasteiger partial charge is 0.346 e. The highest BCUT2D eigenvalue weighted by Crippen LogP contribution is 2.13. The number of amides is 1. The van der Waals surface area contributed by atoms with Crippen molar-refractivity contribution in [3.8, 4) is 0 Å². The van der Waals surface area contributed by atoms with Crippen LogP contribution in [0.1, 0.15) is 16.1 Å². The molecule has 1 amide bonds. The lowest BCUT2D eigenvalue weighted by Crippen LogP contribution is -2.25. The summed E-state index contributed by atoms with van der Waals surface area (Å²) in [5, 5.41) is 3.52. The third kappa shape index (κ3) is 2.93. The van der Waals surface area contributed by atoms with Crippen molar-refractivity contribution in [2.45, 2.75) is 11.7 Å². The fraction of sp³-hybridized carbons (Fsp3) is 0.250. The van der Waals surface area contributed by atoms with Gasteiger partial charge < -0.3 is 9.88 Å². The van der Waals surface area contributed by atoms with Gasteiger partial charge in [-0.2, -0.15) is 0 Å². The molecule has 1 N–H and O–H groups in total. The minimum absolute atomic E-state index is 0.0118.